The third kappa shape index (κ3) is 4.76. The highest BCUT2D eigenvalue weighted by Gasteiger charge is 2.35. The van der Waals surface area contributed by atoms with Crippen LogP contribution in [0.3, 0.4) is 0 Å². The molecular weight excluding hydrogens is 440 g/mol. The SMILES string of the molecule is O=C([C@H]1CC[C@H](C2CCOCC2)CC1)N1Cc2cccnc2Nc2ccc(N3CCOCC3)cc21. The minimum absolute atomic E-state index is 0.0872. The minimum Gasteiger partial charge on any atom is -0.381 e. The van der Waals surface area contributed by atoms with Crippen molar-refractivity contribution in [1.82, 2.24) is 4.98 Å². The highest BCUT2D eigenvalue weighted by molar-refractivity contribution is 6.00. The second-order valence-electron chi connectivity index (χ2n) is 10.4. The molecule has 3 aliphatic heterocycles. The van der Waals surface area contributed by atoms with E-state index in [-0.39, 0.29) is 11.8 Å². The van der Waals surface area contributed by atoms with E-state index >= 15 is 0 Å². The van der Waals surface area contributed by atoms with E-state index < -0.39 is 0 Å². The number of hydrogen-bond donors (Lipinski definition) is 1. The lowest BCUT2D eigenvalue weighted by molar-refractivity contribution is -0.124. The van der Waals surface area contributed by atoms with E-state index in [0.717, 1.165) is 105 Å². The van der Waals surface area contributed by atoms with Gasteiger partial charge in [0.05, 0.1) is 31.1 Å². The normalized spacial score (nSPS) is 25.3. The van der Waals surface area contributed by atoms with Gasteiger partial charge in [-0.25, -0.2) is 4.98 Å². The summed E-state index contributed by atoms with van der Waals surface area (Å²) in [6.45, 7) is 5.58. The Bertz CT molecular complexity index is 1040. The first-order valence-electron chi connectivity index (χ1n) is 13.3. The van der Waals surface area contributed by atoms with Crippen LogP contribution in [0.4, 0.5) is 22.9 Å². The van der Waals surface area contributed by atoms with Gasteiger partial charge in [-0.3, -0.25) is 4.79 Å². The molecule has 0 atom stereocenters. The van der Waals surface area contributed by atoms with Gasteiger partial charge in [0.2, 0.25) is 5.91 Å². The Morgan fingerprint density at radius 2 is 1.66 bits per heavy atom. The van der Waals surface area contributed by atoms with Gasteiger partial charge in [-0.2, -0.15) is 0 Å². The summed E-state index contributed by atoms with van der Waals surface area (Å²) in [4.78, 5) is 23.0. The first kappa shape index (κ1) is 22.8. The van der Waals surface area contributed by atoms with Crippen molar-refractivity contribution < 1.29 is 14.3 Å². The van der Waals surface area contributed by atoms with Gasteiger partial charge in [0.25, 0.3) is 0 Å². The Labute approximate surface area is 207 Å². The van der Waals surface area contributed by atoms with E-state index in [0.29, 0.717) is 6.54 Å². The molecule has 1 saturated carbocycles. The van der Waals surface area contributed by atoms with E-state index in [4.69, 9.17) is 9.47 Å². The van der Waals surface area contributed by atoms with Crippen molar-refractivity contribution in [2.75, 3.05) is 54.6 Å². The number of nitrogens with zero attached hydrogens (tertiary/aromatic N) is 3. The Morgan fingerprint density at radius 1 is 0.914 bits per heavy atom. The van der Waals surface area contributed by atoms with Crippen molar-refractivity contribution in [3.63, 3.8) is 0 Å². The summed E-state index contributed by atoms with van der Waals surface area (Å²) in [7, 11) is 0. The summed E-state index contributed by atoms with van der Waals surface area (Å²) < 4.78 is 11.1. The van der Waals surface area contributed by atoms with Crippen molar-refractivity contribution >= 4 is 28.8 Å². The summed E-state index contributed by atoms with van der Waals surface area (Å²) in [6.07, 6.45) is 8.47. The molecule has 4 heterocycles. The molecule has 6 rings (SSSR count). The number of hydrogen-bond acceptors (Lipinski definition) is 6. The molecule has 0 spiro atoms. The number of pyridine rings is 1. The predicted molar refractivity (Wildman–Crippen MR) is 137 cm³/mol. The largest absolute Gasteiger partial charge is 0.381 e. The summed E-state index contributed by atoms with van der Waals surface area (Å²) in [6, 6.07) is 10.5. The van der Waals surface area contributed by atoms with Gasteiger partial charge in [-0.05, 0) is 74.6 Å². The van der Waals surface area contributed by atoms with E-state index in [2.05, 4.69) is 39.5 Å². The predicted octanol–water partition coefficient (Wildman–Crippen LogP) is 4.74. The molecule has 186 valence electrons. The van der Waals surface area contributed by atoms with Crippen LogP contribution in [0.1, 0.15) is 44.1 Å². The molecule has 1 aromatic heterocycles. The number of aromatic nitrogens is 1. The van der Waals surface area contributed by atoms with E-state index in [1.54, 1.807) is 0 Å². The van der Waals surface area contributed by atoms with Gasteiger partial charge in [0.1, 0.15) is 5.82 Å². The molecule has 1 aliphatic carbocycles. The molecule has 3 fully saturated rings. The van der Waals surface area contributed by atoms with Crippen LogP contribution in [0.25, 0.3) is 0 Å². The maximum atomic E-state index is 14.1. The Kier molecular flexibility index (Phi) is 6.61. The lowest BCUT2D eigenvalue weighted by Crippen LogP contribution is -2.39. The molecule has 2 aromatic rings. The smallest absolute Gasteiger partial charge is 0.230 e. The summed E-state index contributed by atoms with van der Waals surface area (Å²) in [5.41, 5.74) is 4.11. The number of morpholine rings is 1. The number of ether oxygens (including phenoxy) is 2. The summed E-state index contributed by atoms with van der Waals surface area (Å²) in [5.74, 6) is 2.71. The number of amides is 1. The first-order valence-corrected chi connectivity index (χ1v) is 13.3. The van der Waals surface area contributed by atoms with Crippen molar-refractivity contribution in [3.8, 4) is 0 Å². The molecule has 7 nitrogen and oxygen atoms in total. The maximum Gasteiger partial charge on any atom is 0.230 e. The molecule has 4 aliphatic rings. The number of carbonyl (C=O) groups excluding carboxylic acids is 1. The summed E-state index contributed by atoms with van der Waals surface area (Å²) >= 11 is 0. The molecule has 1 aromatic carbocycles. The molecule has 0 radical (unpaired) electrons. The third-order valence-corrected chi connectivity index (χ3v) is 8.44. The number of nitrogens with one attached hydrogen (secondary N) is 1. The van der Waals surface area contributed by atoms with Crippen molar-refractivity contribution in [1.29, 1.82) is 0 Å². The van der Waals surface area contributed by atoms with Crippen molar-refractivity contribution in [3.05, 3.63) is 42.1 Å². The first-order chi connectivity index (χ1) is 17.3. The van der Waals surface area contributed by atoms with Crippen LogP contribution >= 0.6 is 0 Å². The van der Waals surface area contributed by atoms with Gasteiger partial charge >= 0.3 is 0 Å². The second kappa shape index (κ2) is 10.2. The number of anilines is 4. The fraction of sp³-hybridized carbons (Fsp3) is 0.571. The van der Waals surface area contributed by atoms with Crippen molar-refractivity contribution in [2.45, 2.75) is 45.1 Å². The topological polar surface area (TPSA) is 66.9 Å². The van der Waals surface area contributed by atoms with Crippen LogP contribution in [0.15, 0.2) is 36.5 Å². The number of fused-ring (bicyclic) bond motifs is 2. The highest BCUT2D eigenvalue weighted by Crippen LogP contribution is 2.42. The molecule has 0 unspecified atom stereocenters. The molecule has 35 heavy (non-hydrogen) atoms. The van der Waals surface area contributed by atoms with Crippen LogP contribution < -0.4 is 15.1 Å². The number of benzene rings is 1. The Balaban J connectivity index is 1.26. The Morgan fingerprint density at radius 3 is 2.46 bits per heavy atom. The molecule has 7 heteroatoms. The average Bonchev–Trinajstić information content (AvgIpc) is 3.10. The van der Waals surface area contributed by atoms with E-state index in [1.807, 2.05) is 17.2 Å². The number of rotatable bonds is 3. The zero-order valence-corrected chi connectivity index (χ0v) is 20.5. The second-order valence-corrected chi connectivity index (χ2v) is 10.4. The highest BCUT2D eigenvalue weighted by atomic mass is 16.5. The number of carbonyl (C=O) groups is 1. The monoisotopic (exact) mass is 476 g/mol. The molecular formula is C28H36N4O3. The quantitative estimate of drug-likeness (QED) is 0.690. The zero-order valence-electron chi connectivity index (χ0n) is 20.5. The van der Waals surface area contributed by atoms with Gasteiger partial charge in [-0.15, -0.1) is 0 Å². The molecule has 1 amide bonds. The van der Waals surface area contributed by atoms with Gasteiger partial charge in [-0.1, -0.05) is 6.07 Å². The summed E-state index contributed by atoms with van der Waals surface area (Å²) in [5, 5.41) is 3.51. The van der Waals surface area contributed by atoms with Crippen LogP contribution in [-0.2, 0) is 20.8 Å². The standard InChI is InChI=1S/C28H36N4O3/c33-28(22-5-3-20(4-6-22)21-9-14-34-15-10-21)32-19-23-2-1-11-29-27(23)30-25-8-7-24(18-26(25)32)31-12-16-35-17-13-31/h1-2,7-8,11,18,20-22H,3-6,9-10,12-17,19H2,(H,29,30)/t20-,22-. The van der Waals surface area contributed by atoms with Gasteiger partial charge in [0.15, 0.2) is 0 Å². The fourth-order valence-corrected chi connectivity index (χ4v) is 6.37. The lowest BCUT2D eigenvalue weighted by Gasteiger charge is -2.37. The third-order valence-electron chi connectivity index (χ3n) is 8.44. The average molecular weight is 477 g/mol. The molecule has 1 N–H and O–H groups in total. The van der Waals surface area contributed by atoms with Crippen molar-refractivity contribution in [2.24, 2.45) is 17.8 Å². The van der Waals surface area contributed by atoms with E-state index in [9.17, 15) is 4.79 Å². The molecule has 2 saturated heterocycles. The fourth-order valence-electron chi connectivity index (χ4n) is 6.37. The Hall–Kier alpha value is -2.64. The maximum absolute atomic E-state index is 14.1. The van der Waals surface area contributed by atoms with Crippen LogP contribution in [0, 0.1) is 17.8 Å². The van der Waals surface area contributed by atoms with Gasteiger partial charge in [0, 0.05) is 49.7 Å². The zero-order chi connectivity index (χ0) is 23.6. The minimum atomic E-state index is 0.0872. The van der Waals surface area contributed by atoms with Crippen LogP contribution in [0.2, 0.25) is 0 Å². The van der Waals surface area contributed by atoms with Crippen LogP contribution in [0.5, 0.6) is 0 Å². The lowest BCUT2D eigenvalue weighted by atomic mass is 9.73. The van der Waals surface area contributed by atoms with E-state index in [1.165, 1.54) is 12.8 Å². The van der Waals surface area contributed by atoms with Crippen LogP contribution in [-0.4, -0.2) is 50.4 Å². The molecule has 0 bridgehead atoms. The van der Waals surface area contributed by atoms with Gasteiger partial charge < -0.3 is 24.6 Å².